The van der Waals surface area contributed by atoms with Crippen molar-refractivity contribution >= 4 is 55.5 Å². The fourth-order valence-corrected chi connectivity index (χ4v) is 6.13. The minimum absolute atomic E-state index is 0.0443. The van der Waals surface area contributed by atoms with Crippen molar-refractivity contribution in [3.8, 4) is 5.75 Å². The van der Waals surface area contributed by atoms with Crippen LogP contribution in [0.5, 0.6) is 5.75 Å². The van der Waals surface area contributed by atoms with Gasteiger partial charge in [0.25, 0.3) is 5.78 Å². The third-order valence-corrected chi connectivity index (χ3v) is 7.55. The fraction of sp³-hybridized carbons (Fsp3) is 0.160. The Bertz CT molecular complexity index is 1440. The summed E-state index contributed by atoms with van der Waals surface area (Å²) in [5.41, 5.74) is 3.37. The van der Waals surface area contributed by atoms with Gasteiger partial charge in [-0.1, -0.05) is 35.6 Å². The molecule has 0 spiro atoms. The highest BCUT2D eigenvalue weighted by Gasteiger charge is 2.48. The summed E-state index contributed by atoms with van der Waals surface area (Å²) >= 11 is 2.79. The van der Waals surface area contributed by atoms with E-state index in [2.05, 4.69) is 0 Å². The molecule has 0 bridgehead atoms. The number of thiophene rings is 1. The van der Waals surface area contributed by atoms with Crippen LogP contribution in [0, 0.1) is 13.8 Å². The summed E-state index contributed by atoms with van der Waals surface area (Å²) in [6.45, 7) is 3.99. The molecule has 33 heavy (non-hydrogen) atoms. The highest BCUT2D eigenvalue weighted by molar-refractivity contribution is 7.22. The van der Waals surface area contributed by atoms with Crippen molar-refractivity contribution in [2.24, 2.45) is 0 Å². The van der Waals surface area contributed by atoms with Crippen LogP contribution in [0.4, 0.5) is 5.13 Å². The van der Waals surface area contributed by atoms with E-state index >= 15 is 0 Å². The van der Waals surface area contributed by atoms with Gasteiger partial charge in [0.15, 0.2) is 5.13 Å². The van der Waals surface area contributed by atoms with Crippen LogP contribution < -0.4 is 9.64 Å². The first-order valence-electron chi connectivity index (χ1n) is 10.3. The topological polar surface area (TPSA) is 79.7 Å². The van der Waals surface area contributed by atoms with Crippen LogP contribution >= 0.6 is 22.7 Å². The maximum Gasteiger partial charge on any atom is 0.301 e. The number of ether oxygens (including phenoxy) is 1. The number of hydrogen-bond acceptors (Lipinski definition) is 7. The standard InChI is InChI=1S/C25H20N2O4S2/c1-13-10-14(2)20-18(11-13)33-25(26-20)27-21(17-8-5-9-32-17)19(23(29)24(27)30)22(28)15-6-4-7-16(12-15)31-3/h4-12,21,28H,1-3H3/b22-19+/t21-/m1/s1. The van der Waals surface area contributed by atoms with Crippen molar-refractivity contribution < 1.29 is 19.4 Å². The van der Waals surface area contributed by atoms with Crippen LogP contribution in [0.15, 0.2) is 59.5 Å². The van der Waals surface area contributed by atoms with Gasteiger partial charge in [-0.2, -0.15) is 0 Å². The predicted molar refractivity (Wildman–Crippen MR) is 131 cm³/mol. The Labute approximate surface area is 198 Å². The lowest BCUT2D eigenvalue weighted by atomic mass is 10.00. The minimum Gasteiger partial charge on any atom is -0.507 e. The summed E-state index contributed by atoms with van der Waals surface area (Å²) in [4.78, 5) is 33.4. The zero-order valence-electron chi connectivity index (χ0n) is 18.2. The van der Waals surface area contributed by atoms with Gasteiger partial charge in [-0.15, -0.1) is 11.3 Å². The number of nitrogens with zero attached hydrogens (tertiary/aromatic N) is 2. The van der Waals surface area contributed by atoms with Crippen molar-refractivity contribution in [3.63, 3.8) is 0 Å². The lowest BCUT2D eigenvalue weighted by Crippen LogP contribution is -2.28. The number of fused-ring (bicyclic) bond motifs is 1. The average Bonchev–Trinajstić information content (AvgIpc) is 3.52. The third kappa shape index (κ3) is 3.51. The van der Waals surface area contributed by atoms with E-state index < -0.39 is 17.7 Å². The number of carbonyl (C=O) groups excluding carboxylic acids is 2. The van der Waals surface area contributed by atoms with Crippen molar-refractivity contribution in [1.82, 2.24) is 4.98 Å². The molecule has 0 radical (unpaired) electrons. The van der Waals surface area contributed by atoms with Crippen molar-refractivity contribution in [3.05, 3.63) is 81.1 Å². The number of Topliss-reactive ketones (excluding diaryl/α,β-unsaturated/α-hetero) is 1. The van der Waals surface area contributed by atoms with E-state index in [0.29, 0.717) is 16.4 Å². The van der Waals surface area contributed by atoms with Crippen LogP contribution in [-0.2, 0) is 9.59 Å². The number of aryl methyl sites for hydroxylation is 2. The van der Waals surface area contributed by atoms with Gasteiger partial charge in [-0.05, 0) is 54.6 Å². The molecular formula is C25H20N2O4S2. The van der Waals surface area contributed by atoms with Crippen molar-refractivity contribution in [1.29, 1.82) is 0 Å². The molecular weight excluding hydrogens is 456 g/mol. The molecule has 6 nitrogen and oxygen atoms in total. The van der Waals surface area contributed by atoms with E-state index in [1.807, 2.05) is 43.5 Å². The first kappa shape index (κ1) is 21.4. The quantitative estimate of drug-likeness (QED) is 0.235. The monoisotopic (exact) mass is 476 g/mol. The number of benzene rings is 2. The molecule has 0 aliphatic carbocycles. The molecule has 1 aliphatic rings. The van der Waals surface area contributed by atoms with Crippen LogP contribution in [0.2, 0.25) is 0 Å². The largest absolute Gasteiger partial charge is 0.507 e. The first-order chi connectivity index (χ1) is 15.9. The molecule has 1 N–H and O–H groups in total. The highest BCUT2D eigenvalue weighted by Crippen LogP contribution is 2.45. The van der Waals surface area contributed by atoms with E-state index in [-0.39, 0.29) is 11.3 Å². The molecule has 1 amide bonds. The van der Waals surface area contributed by atoms with E-state index in [0.717, 1.165) is 26.2 Å². The molecule has 2 aromatic carbocycles. The molecule has 8 heteroatoms. The number of aromatic nitrogens is 1. The third-order valence-electron chi connectivity index (χ3n) is 5.62. The molecule has 0 unspecified atom stereocenters. The second-order valence-electron chi connectivity index (χ2n) is 7.84. The van der Waals surface area contributed by atoms with Crippen LogP contribution in [0.1, 0.15) is 27.6 Å². The van der Waals surface area contributed by atoms with E-state index in [4.69, 9.17) is 9.72 Å². The van der Waals surface area contributed by atoms with Gasteiger partial charge in [0.1, 0.15) is 17.6 Å². The first-order valence-corrected chi connectivity index (χ1v) is 11.9. The number of rotatable bonds is 4. The number of ketones is 1. The Morgan fingerprint density at radius 3 is 2.67 bits per heavy atom. The number of aliphatic hydroxyl groups is 1. The Hall–Kier alpha value is -3.49. The summed E-state index contributed by atoms with van der Waals surface area (Å²) in [7, 11) is 1.53. The molecule has 4 aromatic rings. The van der Waals surface area contributed by atoms with Gasteiger partial charge in [-0.25, -0.2) is 4.98 Å². The summed E-state index contributed by atoms with van der Waals surface area (Å²) in [6.07, 6.45) is 0. The summed E-state index contributed by atoms with van der Waals surface area (Å²) < 4.78 is 6.20. The van der Waals surface area contributed by atoms with Crippen LogP contribution in [0.25, 0.3) is 16.0 Å². The van der Waals surface area contributed by atoms with Gasteiger partial charge < -0.3 is 9.84 Å². The maximum atomic E-state index is 13.3. The van der Waals surface area contributed by atoms with Crippen LogP contribution in [-0.4, -0.2) is 28.9 Å². The smallest absolute Gasteiger partial charge is 0.301 e. The minimum atomic E-state index is -0.766. The second kappa shape index (κ2) is 8.13. The van der Waals surface area contributed by atoms with Gasteiger partial charge >= 0.3 is 5.91 Å². The van der Waals surface area contributed by atoms with E-state index in [1.165, 1.54) is 34.7 Å². The summed E-state index contributed by atoms with van der Waals surface area (Å²) in [5, 5.41) is 13.5. The Morgan fingerprint density at radius 1 is 1.12 bits per heavy atom. The summed E-state index contributed by atoms with van der Waals surface area (Å²) in [6, 6.07) is 13.8. The number of amides is 1. The Kier molecular flexibility index (Phi) is 5.26. The molecule has 1 aliphatic heterocycles. The zero-order chi connectivity index (χ0) is 23.3. The SMILES string of the molecule is COc1cccc(/C(O)=C2\C(=O)C(=O)N(c3nc4c(C)cc(C)cc4s3)[C@@H]2c2cccs2)c1. The van der Waals surface area contributed by atoms with Crippen molar-refractivity contribution in [2.45, 2.75) is 19.9 Å². The zero-order valence-corrected chi connectivity index (χ0v) is 19.8. The Morgan fingerprint density at radius 2 is 1.94 bits per heavy atom. The highest BCUT2D eigenvalue weighted by atomic mass is 32.1. The van der Waals surface area contributed by atoms with Gasteiger partial charge in [0, 0.05) is 10.4 Å². The average molecular weight is 477 g/mol. The van der Waals surface area contributed by atoms with Gasteiger partial charge in [0.2, 0.25) is 0 Å². The second-order valence-corrected chi connectivity index (χ2v) is 9.83. The molecule has 2 aromatic heterocycles. The van der Waals surface area contributed by atoms with Crippen molar-refractivity contribution in [2.75, 3.05) is 12.0 Å². The normalized spacial score (nSPS) is 17.8. The number of thiazole rings is 1. The van der Waals surface area contributed by atoms with Crippen LogP contribution in [0.3, 0.4) is 0 Å². The molecule has 5 rings (SSSR count). The lowest BCUT2D eigenvalue weighted by molar-refractivity contribution is -0.132. The fourth-order valence-electron chi connectivity index (χ4n) is 4.13. The lowest BCUT2D eigenvalue weighted by Gasteiger charge is -2.21. The molecule has 1 fully saturated rings. The predicted octanol–water partition coefficient (Wildman–Crippen LogP) is 5.61. The Balaban J connectivity index is 1.72. The van der Waals surface area contributed by atoms with E-state index in [1.54, 1.807) is 24.3 Å². The number of anilines is 1. The molecule has 166 valence electrons. The van der Waals surface area contributed by atoms with Gasteiger partial charge in [0.05, 0.1) is 22.9 Å². The van der Waals surface area contributed by atoms with E-state index in [9.17, 15) is 14.7 Å². The molecule has 1 saturated heterocycles. The molecule has 0 saturated carbocycles. The maximum absolute atomic E-state index is 13.3. The summed E-state index contributed by atoms with van der Waals surface area (Å²) in [5.74, 6) is -1.13. The molecule has 1 atom stereocenters. The number of methoxy groups -OCH3 is 1. The molecule has 3 heterocycles. The number of hydrogen-bond donors (Lipinski definition) is 1. The van der Waals surface area contributed by atoms with Gasteiger partial charge in [-0.3, -0.25) is 14.5 Å². The number of carbonyl (C=O) groups is 2. The number of aliphatic hydroxyl groups excluding tert-OH is 1.